The number of likely N-dealkylation sites (tertiary alicyclic amines) is 2. The second-order valence-electron chi connectivity index (χ2n) is 24.4. The number of hydrogen-bond donors (Lipinski definition) is 14. The van der Waals surface area contributed by atoms with Gasteiger partial charge < -0.3 is 85.7 Å². The summed E-state index contributed by atoms with van der Waals surface area (Å²) >= 11 is 0. The van der Waals surface area contributed by atoms with Crippen molar-refractivity contribution < 1.29 is 72.2 Å². The van der Waals surface area contributed by atoms with E-state index in [-0.39, 0.29) is 45.2 Å². The van der Waals surface area contributed by atoms with E-state index in [0.29, 0.717) is 30.4 Å². The summed E-state index contributed by atoms with van der Waals surface area (Å²) in [5.74, 6) is -13.2. The standard InChI is InChI=1S/C65H91N15O15/c1-7-36(4)53(77-59(89)45(31-41-23-15-10-16-24-41)73-57(87)42(66)32-49(67)82)65(95)80-28-18-26-48(80)62(92)78-54(38(6)81)64(94)75-46(33-50(68)83)60(90)76-52(35(2)3)63(93)70-34-51(84)79-27-17-25-47(79)61(91)74-44(30-40-21-13-9-14-22-40)58(88)71-37(5)56(86)72-43(55(69)85)29-39-19-11-8-12-20-39/h8-16,19-24,35-38,42-48,52-54,81H,7,17-18,25-34,66H2,1-6H3,(H2,67,82)(H2,68,83)(H2,69,85)(H,70,93)(H,71,88)(H,72,86)(H,73,87)(H,74,91)(H,75,94)(H,76,90)(H,77,89)(H,78,92)/t36?,37-,38?,42-,43-,44-,45-,46-,47?,48?,52-,53-,54-/m0/s1. The number of hydrogen-bond acceptors (Lipinski definition) is 16. The van der Waals surface area contributed by atoms with E-state index in [2.05, 4.69) is 47.9 Å². The first-order valence-electron chi connectivity index (χ1n) is 31.7. The summed E-state index contributed by atoms with van der Waals surface area (Å²) in [7, 11) is 0. The third-order valence-electron chi connectivity index (χ3n) is 16.5. The van der Waals surface area contributed by atoms with E-state index >= 15 is 0 Å². The highest BCUT2D eigenvalue weighted by Gasteiger charge is 2.43. The molecule has 2 heterocycles. The number of aliphatic hydroxyl groups excluding tert-OH is 1. The fourth-order valence-corrected chi connectivity index (χ4v) is 11.0. The molecule has 30 nitrogen and oxygen atoms in total. The van der Waals surface area contributed by atoms with Crippen LogP contribution in [0.5, 0.6) is 0 Å². The van der Waals surface area contributed by atoms with Gasteiger partial charge in [0.1, 0.15) is 60.4 Å². The summed E-state index contributed by atoms with van der Waals surface area (Å²) in [4.78, 5) is 192. The number of nitrogens with two attached hydrogens (primary N) is 4. The molecule has 4 unspecified atom stereocenters. The van der Waals surface area contributed by atoms with E-state index in [1.165, 1.54) is 16.7 Å². The van der Waals surface area contributed by atoms with Crippen molar-refractivity contribution in [1.82, 2.24) is 57.7 Å². The first-order valence-corrected chi connectivity index (χ1v) is 31.7. The van der Waals surface area contributed by atoms with Crippen LogP contribution in [0.25, 0.3) is 0 Å². The van der Waals surface area contributed by atoms with E-state index in [1.54, 1.807) is 119 Å². The van der Waals surface area contributed by atoms with Gasteiger partial charge in [-0.2, -0.15) is 0 Å². The highest BCUT2D eigenvalue weighted by molar-refractivity contribution is 6.00. The molecular formula is C65H91N15O15. The molecule has 5 rings (SSSR count). The number of amides is 14. The van der Waals surface area contributed by atoms with Crippen molar-refractivity contribution in [1.29, 1.82) is 0 Å². The van der Waals surface area contributed by atoms with Gasteiger partial charge in [-0.25, -0.2) is 0 Å². The van der Waals surface area contributed by atoms with Crippen molar-refractivity contribution in [2.75, 3.05) is 19.6 Å². The van der Waals surface area contributed by atoms with Crippen LogP contribution in [0.3, 0.4) is 0 Å². The zero-order valence-electron chi connectivity index (χ0n) is 54.3. The summed E-state index contributed by atoms with van der Waals surface area (Å²) in [5, 5.41) is 33.9. The maximum absolute atomic E-state index is 14.5. The second-order valence-corrected chi connectivity index (χ2v) is 24.4. The van der Waals surface area contributed by atoms with Crippen LogP contribution in [-0.4, -0.2) is 190 Å². The molecule has 0 aliphatic carbocycles. The van der Waals surface area contributed by atoms with Crippen molar-refractivity contribution in [3.8, 4) is 0 Å². The fraction of sp³-hybridized carbons (Fsp3) is 0.508. The van der Waals surface area contributed by atoms with Crippen LogP contribution in [0.15, 0.2) is 91.0 Å². The summed E-state index contributed by atoms with van der Waals surface area (Å²) in [6.07, 6.45) is -1.66. The average Bonchev–Trinajstić information content (AvgIpc) is 1.95. The normalized spacial score (nSPS) is 17.8. The topological polar surface area (TPSA) is 478 Å². The first-order chi connectivity index (χ1) is 45.0. The SMILES string of the molecule is CCC(C)[C@H](NC(=O)[C@H](Cc1ccccc1)NC(=O)[C@@H](N)CC(N)=O)C(=O)N1CCCC1C(=O)N[C@H](C(=O)N[C@@H](CC(N)=O)C(=O)N[C@H](C(=O)NCC(=O)N1CCCC1C(=O)N[C@@H](Cc1ccccc1)C(=O)N[C@@H](C)C(=O)N[C@@H](Cc1ccccc1)C(N)=O)C(C)C)C(C)O. The van der Waals surface area contributed by atoms with E-state index < -0.39 is 186 Å². The molecule has 2 saturated heterocycles. The molecular weight excluding hydrogens is 1230 g/mol. The monoisotopic (exact) mass is 1320 g/mol. The maximum Gasteiger partial charge on any atom is 0.246 e. The van der Waals surface area contributed by atoms with Gasteiger partial charge in [0, 0.05) is 32.4 Å². The number of nitrogens with zero attached hydrogens (tertiary/aromatic N) is 2. The molecule has 2 aliphatic heterocycles. The number of carbonyl (C=O) groups excluding carboxylic acids is 14. The predicted molar refractivity (Wildman–Crippen MR) is 345 cm³/mol. The molecule has 3 aromatic carbocycles. The number of aliphatic hydroxyl groups is 1. The molecule has 0 saturated carbocycles. The summed E-state index contributed by atoms with van der Waals surface area (Å²) in [6.45, 7) is 8.60. The van der Waals surface area contributed by atoms with Gasteiger partial charge in [0.2, 0.25) is 82.7 Å². The lowest BCUT2D eigenvalue weighted by Crippen LogP contribution is -2.62. The average molecular weight is 1320 g/mol. The molecule has 18 N–H and O–H groups in total. The number of carbonyl (C=O) groups is 14. The van der Waals surface area contributed by atoms with Gasteiger partial charge in [-0.1, -0.05) is 125 Å². The van der Waals surface area contributed by atoms with Crippen LogP contribution in [0, 0.1) is 11.8 Å². The highest BCUT2D eigenvalue weighted by Crippen LogP contribution is 2.23. The lowest BCUT2D eigenvalue weighted by molar-refractivity contribution is -0.144. The van der Waals surface area contributed by atoms with E-state index in [4.69, 9.17) is 22.9 Å². The first kappa shape index (κ1) is 75.9. The molecule has 14 amide bonds. The molecule has 2 aliphatic rings. The van der Waals surface area contributed by atoms with Crippen molar-refractivity contribution in [3.63, 3.8) is 0 Å². The van der Waals surface area contributed by atoms with Crippen LogP contribution in [0.1, 0.15) is 103 Å². The molecule has 3 aromatic rings. The molecule has 2 fully saturated rings. The van der Waals surface area contributed by atoms with Gasteiger partial charge in [0.15, 0.2) is 0 Å². The molecule has 0 spiro atoms. The smallest absolute Gasteiger partial charge is 0.246 e. The van der Waals surface area contributed by atoms with E-state index in [9.17, 15) is 72.2 Å². The lowest BCUT2D eigenvalue weighted by Gasteiger charge is -2.33. The summed E-state index contributed by atoms with van der Waals surface area (Å²) in [6, 6.07) is 11.3. The third kappa shape index (κ3) is 23.0. The Morgan fingerprint density at radius 2 is 0.926 bits per heavy atom. The van der Waals surface area contributed by atoms with Crippen LogP contribution in [0.4, 0.5) is 0 Å². The Hall–Kier alpha value is -9.84. The van der Waals surface area contributed by atoms with Crippen LogP contribution in [-0.2, 0) is 86.4 Å². The number of nitrogens with one attached hydrogen (secondary N) is 9. The minimum Gasteiger partial charge on any atom is -0.391 e. The van der Waals surface area contributed by atoms with Crippen LogP contribution < -0.4 is 70.8 Å². The molecule has 0 bridgehead atoms. The van der Waals surface area contributed by atoms with Gasteiger partial charge in [-0.3, -0.25) is 67.1 Å². The zero-order valence-corrected chi connectivity index (χ0v) is 54.3. The Bertz CT molecular complexity index is 3210. The number of rotatable bonds is 35. The lowest BCUT2D eigenvalue weighted by atomic mass is 9.96. The van der Waals surface area contributed by atoms with Crippen molar-refractivity contribution >= 4 is 82.7 Å². The largest absolute Gasteiger partial charge is 0.391 e. The summed E-state index contributed by atoms with van der Waals surface area (Å²) in [5.41, 5.74) is 24.3. The van der Waals surface area contributed by atoms with Gasteiger partial charge in [0.25, 0.3) is 0 Å². The number of benzene rings is 3. The van der Waals surface area contributed by atoms with Crippen molar-refractivity contribution in [2.45, 2.75) is 178 Å². The Morgan fingerprint density at radius 3 is 1.42 bits per heavy atom. The van der Waals surface area contributed by atoms with Crippen molar-refractivity contribution in [2.24, 2.45) is 34.8 Å². The minimum absolute atomic E-state index is 0.0248. The Kier molecular flexibility index (Phi) is 29.2. The zero-order chi connectivity index (χ0) is 70.2. The summed E-state index contributed by atoms with van der Waals surface area (Å²) < 4.78 is 0. The highest BCUT2D eigenvalue weighted by atomic mass is 16.3. The molecule has 13 atom stereocenters. The molecule has 30 heteroatoms. The minimum atomic E-state index is -1.81. The van der Waals surface area contributed by atoms with Gasteiger partial charge in [0.05, 0.1) is 31.5 Å². The fourth-order valence-electron chi connectivity index (χ4n) is 11.0. The quantitative estimate of drug-likeness (QED) is 0.0270. The molecule has 95 heavy (non-hydrogen) atoms. The van der Waals surface area contributed by atoms with Gasteiger partial charge in [-0.05, 0) is 68.1 Å². The third-order valence-corrected chi connectivity index (χ3v) is 16.5. The Morgan fingerprint density at radius 1 is 0.484 bits per heavy atom. The van der Waals surface area contributed by atoms with E-state index in [0.717, 1.165) is 12.5 Å². The second kappa shape index (κ2) is 36.6. The van der Waals surface area contributed by atoms with Gasteiger partial charge in [-0.15, -0.1) is 0 Å². The predicted octanol–water partition coefficient (Wildman–Crippen LogP) is -3.64. The van der Waals surface area contributed by atoms with Gasteiger partial charge >= 0.3 is 0 Å². The molecule has 516 valence electrons. The van der Waals surface area contributed by atoms with Crippen LogP contribution >= 0.6 is 0 Å². The van der Waals surface area contributed by atoms with Crippen LogP contribution in [0.2, 0.25) is 0 Å². The maximum atomic E-state index is 14.5. The Labute approximate surface area is 551 Å². The number of primary amides is 3. The Balaban J connectivity index is 1.21. The van der Waals surface area contributed by atoms with E-state index in [1.807, 2.05) is 0 Å². The van der Waals surface area contributed by atoms with Crippen molar-refractivity contribution in [3.05, 3.63) is 108 Å². The molecule has 0 radical (unpaired) electrons. The molecule has 0 aromatic heterocycles.